The molecule has 1 heterocycles. The van der Waals surface area contributed by atoms with Gasteiger partial charge in [-0.1, -0.05) is 35.9 Å². The molecule has 1 aliphatic heterocycles. The summed E-state index contributed by atoms with van der Waals surface area (Å²) in [4.78, 5) is 14.6. The number of hydrogen-bond donors (Lipinski definition) is 1. The van der Waals surface area contributed by atoms with E-state index in [2.05, 4.69) is 10.2 Å². The molecule has 1 fully saturated rings. The number of carbonyl (C=O) groups is 1. The fourth-order valence-electron chi connectivity index (χ4n) is 3.49. The number of hydrogen-bond acceptors (Lipinski definition) is 2. The molecule has 1 unspecified atom stereocenters. The number of rotatable bonds is 7. The third-order valence-electron chi connectivity index (χ3n) is 4.96. The monoisotopic (exact) mass is 392 g/mol. The van der Waals surface area contributed by atoms with E-state index in [9.17, 15) is 13.6 Å². The van der Waals surface area contributed by atoms with E-state index in [-0.39, 0.29) is 18.4 Å². The molecule has 0 bridgehead atoms. The first-order valence-corrected chi connectivity index (χ1v) is 9.61. The van der Waals surface area contributed by atoms with Gasteiger partial charge in [0.25, 0.3) is 0 Å². The zero-order valence-corrected chi connectivity index (χ0v) is 15.8. The van der Waals surface area contributed by atoms with Crippen molar-refractivity contribution in [2.45, 2.75) is 31.7 Å². The summed E-state index contributed by atoms with van der Waals surface area (Å²) in [5.41, 5.74) is 1.62. The van der Waals surface area contributed by atoms with Crippen molar-refractivity contribution >= 4 is 17.5 Å². The van der Waals surface area contributed by atoms with Crippen LogP contribution in [-0.4, -0.2) is 30.4 Å². The maximum Gasteiger partial charge on any atom is 0.220 e. The van der Waals surface area contributed by atoms with Crippen LogP contribution in [0.1, 0.15) is 36.4 Å². The molecule has 27 heavy (non-hydrogen) atoms. The highest BCUT2D eigenvalue weighted by Crippen LogP contribution is 2.29. The van der Waals surface area contributed by atoms with Crippen molar-refractivity contribution in [3.8, 4) is 0 Å². The van der Waals surface area contributed by atoms with E-state index in [1.54, 1.807) is 0 Å². The molecule has 0 saturated carbocycles. The molecule has 1 N–H and O–H groups in total. The topological polar surface area (TPSA) is 32.3 Å². The summed E-state index contributed by atoms with van der Waals surface area (Å²) >= 11 is 6.38. The predicted octanol–water partition coefficient (Wildman–Crippen LogP) is 4.50. The summed E-state index contributed by atoms with van der Waals surface area (Å²) in [7, 11) is 0. The highest BCUT2D eigenvalue weighted by atomic mass is 35.5. The van der Waals surface area contributed by atoms with Gasteiger partial charge in [-0.25, -0.2) is 8.78 Å². The Morgan fingerprint density at radius 1 is 1.11 bits per heavy atom. The second-order valence-electron chi connectivity index (χ2n) is 6.83. The molecule has 2 aromatic carbocycles. The van der Waals surface area contributed by atoms with Crippen molar-refractivity contribution in [2.75, 3.05) is 19.6 Å². The van der Waals surface area contributed by atoms with Crippen LogP contribution >= 0.6 is 11.6 Å². The molecule has 0 aliphatic carbocycles. The molecular weight excluding hydrogens is 370 g/mol. The summed E-state index contributed by atoms with van der Waals surface area (Å²) in [6.07, 6.45) is 2.87. The van der Waals surface area contributed by atoms with E-state index in [1.807, 2.05) is 24.3 Å². The van der Waals surface area contributed by atoms with Gasteiger partial charge in [-0.3, -0.25) is 9.69 Å². The number of aryl methyl sites for hydroxylation is 1. The van der Waals surface area contributed by atoms with E-state index in [1.165, 1.54) is 6.07 Å². The Balaban J connectivity index is 1.58. The van der Waals surface area contributed by atoms with Crippen LogP contribution in [0.25, 0.3) is 0 Å². The second kappa shape index (κ2) is 9.29. The largest absolute Gasteiger partial charge is 0.354 e. The van der Waals surface area contributed by atoms with Gasteiger partial charge in [-0.2, -0.15) is 0 Å². The van der Waals surface area contributed by atoms with Crippen LogP contribution in [0.15, 0.2) is 42.5 Å². The molecule has 6 heteroatoms. The van der Waals surface area contributed by atoms with Crippen LogP contribution in [0.3, 0.4) is 0 Å². The molecule has 2 aromatic rings. The van der Waals surface area contributed by atoms with Gasteiger partial charge in [0.1, 0.15) is 0 Å². The first-order chi connectivity index (χ1) is 13.0. The standard InChI is InChI=1S/C21H23ClF2N2O/c22-17-6-2-1-5-16(17)20(26-11-3-4-12-26)14-25-21(27)10-8-15-7-9-18(23)19(24)13-15/h1-2,5-7,9,13,20H,3-4,8,10-12,14H2,(H,25,27). The van der Waals surface area contributed by atoms with Gasteiger partial charge >= 0.3 is 0 Å². The van der Waals surface area contributed by atoms with E-state index in [0.717, 1.165) is 43.6 Å². The van der Waals surface area contributed by atoms with Gasteiger partial charge in [0.15, 0.2) is 11.6 Å². The van der Waals surface area contributed by atoms with Crippen molar-refractivity contribution in [1.29, 1.82) is 0 Å². The van der Waals surface area contributed by atoms with Gasteiger partial charge in [0.2, 0.25) is 5.91 Å². The predicted molar refractivity (Wildman–Crippen MR) is 103 cm³/mol. The number of nitrogens with one attached hydrogen (secondary N) is 1. The second-order valence-corrected chi connectivity index (χ2v) is 7.24. The third-order valence-corrected chi connectivity index (χ3v) is 5.31. The van der Waals surface area contributed by atoms with Crippen molar-refractivity contribution in [3.05, 3.63) is 70.2 Å². The Kier molecular flexibility index (Phi) is 6.80. The molecule has 0 aromatic heterocycles. The van der Waals surface area contributed by atoms with Crippen molar-refractivity contribution < 1.29 is 13.6 Å². The minimum Gasteiger partial charge on any atom is -0.354 e. The fraction of sp³-hybridized carbons (Fsp3) is 0.381. The van der Waals surface area contributed by atoms with Crippen LogP contribution in [0.2, 0.25) is 5.02 Å². The lowest BCUT2D eigenvalue weighted by molar-refractivity contribution is -0.121. The summed E-state index contributed by atoms with van der Waals surface area (Å²) in [6, 6.07) is 11.5. The molecule has 1 amide bonds. The maximum absolute atomic E-state index is 13.3. The number of carbonyl (C=O) groups excluding carboxylic acids is 1. The first-order valence-electron chi connectivity index (χ1n) is 9.23. The van der Waals surface area contributed by atoms with Crippen molar-refractivity contribution in [2.24, 2.45) is 0 Å². The fourth-order valence-corrected chi connectivity index (χ4v) is 3.75. The van der Waals surface area contributed by atoms with Gasteiger partial charge in [-0.15, -0.1) is 0 Å². The summed E-state index contributed by atoms with van der Waals surface area (Å²) in [6.45, 7) is 2.45. The lowest BCUT2D eigenvalue weighted by Gasteiger charge is -2.29. The SMILES string of the molecule is O=C(CCc1ccc(F)c(F)c1)NCC(c1ccccc1Cl)N1CCCC1. The zero-order valence-electron chi connectivity index (χ0n) is 15.1. The number of nitrogens with zero attached hydrogens (tertiary/aromatic N) is 1. The lowest BCUT2D eigenvalue weighted by Crippen LogP contribution is -2.37. The van der Waals surface area contributed by atoms with Crippen LogP contribution in [-0.2, 0) is 11.2 Å². The number of halogens is 3. The van der Waals surface area contributed by atoms with Crippen LogP contribution in [0.4, 0.5) is 8.78 Å². The molecule has 0 radical (unpaired) electrons. The molecule has 144 valence electrons. The summed E-state index contributed by atoms with van der Waals surface area (Å²) in [5, 5.41) is 3.67. The normalized spacial score (nSPS) is 15.7. The molecule has 0 spiro atoms. The molecule has 1 saturated heterocycles. The number of benzene rings is 2. The maximum atomic E-state index is 13.3. The van der Waals surface area contributed by atoms with E-state index >= 15 is 0 Å². The van der Waals surface area contributed by atoms with E-state index in [4.69, 9.17) is 11.6 Å². The Hall–Kier alpha value is -1.98. The summed E-state index contributed by atoms with van der Waals surface area (Å²) in [5.74, 6) is -1.88. The Morgan fingerprint density at radius 3 is 2.56 bits per heavy atom. The highest BCUT2D eigenvalue weighted by Gasteiger charge is 2.25. The van der Waals surface area contributed by atoms with Crippen molar-refractivity contribution in [3.63, 3.8) is 0 Å². The molecule has 1 aliphatic rings. The Bertz CT molecular complexity index is 794. The molecular formula is C21H23ClF2N2O. The van der Waals surface area contributed by atoms with Gasteiger partial charge in [0.05, 0.1) is 6.04 Å². The number of likely N-dealkylation sites (tertiary alicyclic amines) is 1. The molecule has 3 nitrogen and oxygen atoms in total. The quantitative estimate of drug-likeness (QED) is 0.752. The van der Waals surface area contributed by atoms with Crippen LogP contribution in [0, 0.1) is 11.6 Å². The highest BCUT2D eigenvalue weighted by molar-refractivity contribution is 6.31. The number of amides is 1. The lowest BCUT2D eigenvalue weighted by atomic mass is 10.0. The Labute approximate surface area is 163 Å². The average Bonchev–Trinajstić information content (AvgIpc) is 3.19. The van der Waals surface area contributed by atoms with Gasteiger partial charge in [0, 0.05) is 18.0 Å². The third kappa shape index (κ3) is 5.27. The first kappa shape index (κ1) is 19.8. The Morgan fingerprint density at radius 2 is 1.85 bits per heavy atom. The smallest absolute Gasteiger partial charge is 0.220 e. The van der Waals surface area contributed by atoms with Crippen molar-refractivity contribution in [1.82, 2.24) is 10.2 Å². The van der Waals surface area contributed by atoms with Gasteiger partial charge in [-0.05, 0) is 61.7 Å². The van der Waals surface area contributed by atoms with Crippen LogP contribution < -0.4 is 5.32 Å². The van der Waals surface area contributed by atoms with Crippen LogP contribution in [0.5, 0.6) is 0 Å². The molecule has 1 atom stereocenters. The van der Waals surface area contributed by atoms with E-state index in [0.29, 0.717) is 23.6 Å². The van der Waals surface area contributed by atoms with E-state index < -0.39 is 11.6 Å². The van der Waals surface area contributed by atoms with Gasteiger partial charge < -0.3 is 5.32 Å². The zero-order chi connectivity index (χ0) is 19.2. The molecule has 3 rings (SSSR count). The average molecular weight is 393 g/mol. The minimum atomic E-state index is -0.888. The minimum absolute atomic E-state index is 0.0356. The summed E-state index contributed by atoms with van der Waals surface area (Å²) < 4.78 is 26.2.